The summed E-state index contributed by atoms with van der Waals surface area (Å²) in [6.07, 6.45) is 3.99. The number of carbonyl (C=O) groups is 1. The van der Waals surface area contributed by atoms with Crippen LogP contribution in [0.15, 0.2) is 22.8 Å². The number of aromatic nitrogens is 1. The van der Waals surface area contributed by atoms with E-state index in [1.54, 1.807) is 12.3 Å². The van der Waals surface area contributed by atoms with Crippen molar-refractivity contribution in [3.8, 4) is 0 Å². The number of nitrogens with one attached hydrogen (secondary N) is 2. The van der Waals surface area contributed by atoms with Crippen LogP contribution in [0.3, 0.4) is 0 Å². The Balaban J connectivity index is 1.91. The maximum atomic E-state index is 12.0. The molecule has 2 unspecified atom stereocenters. The number of rotatable bonds is 3. The average Bonchev–Trinajstić information content (AvgIpc) is 2.40. The number of halogens is 1. The Morgan fingerprint density at radius 1 is 1.61 bits per heavy atom. The van der Waals surface area contributed by atoms with Crippen molar-refractivity contribution < 1.29 is 4.79 Å². The predicted molar refractivity (Wildman–Crippen MR) is 74.5 cm³/mol. The first kappa shape index (κ1) is 13.5. The minimum Gasteiger partial charge on any atom is -0.348 e. The van der Waals surface area contributed by atoms with Crippen molar-refractivity contribution >= 4 is 21.8 Å². The number of carbonyl (C=O) groups excluding carboxylic acids is 1. The van der Waals surface area contributed by atoms with Crippen LogP contribution in [0, 0.1) is 5.92 Å². The second kappa shape index (κ2) is 6.29. The molecule has 18 heavy (non-hydrogen) atoms. The van der Waals surface area contributed by atoms with Crippen molar-refractivity contribution in [2.24, 2.45) is 5.92 Å². The molecule has 2 rings (SSSR count). The van der Waals surface area contributed by atoms with Crippen LogP contribution in [0.5, 0.6) is 0 Å². The Kier molecular flexibility index (Phi) is 4.72. The SMILES string of the molecule is CC(NC(=O)c1ccc(Br)cn1)C1CCCNC1. The first-order chi connectivity index (χ1) is 8.66. The summed E-state index contributed by atoms with van der Waals surface area (Å²) in [6, 6.07) is 3.73. The third-order valence-corrected chi connectivity index (χ3v) is 3.83. The predicted octanol–water partition coefficient (Wildman–Crippen LogP) is 1.96. The number of hydrogen-bond donors (Lipinski definition) is 2. The van der Waals surface area contributed by atoms with Gasteiger partial charge in [-0.05, 0) is 66.8 Å². The quantitative estimate of drug-likeness (QED) is 0.897. The van der Waals surface area contributed by atoms with Crippen LogP contribution in [0.2, 0.25) is 0 Å². The van der Waals surface area contributed by atoms with Crippen LogP contribution < -0.4 is 10.6 Å². The standard InChI is InChI=1S/C13H18BrN3O/c1-9(10-3-2-6-15-7-10)17-13(18)12-5-4-11(14)8-16-12/h4-5,8-10,15H,2-3,6-7H2,1H3,(H,17,18). The maximum absolute atomic E-state index is 12.0. The van der Waals surface area contributed by atoms with Gasteiger partial charge in [0.15, 0.2) is 0 Å². The molecule has 1 aliphatic heterocycles. The molecule has 0 spiro atoms. The molecule has 2 heterocycles. The molecule has 1 saturated heterocycles. The second-order valence-electron chi connectivity index (χ2n) is 4.73. The molecule has 0 bridgehead atoms. The van der Waals surface area contributed by atoms with E-state index >= 15 is 0 Å². The number of hydrogen-bond acceptors (Lipinski definition) is 3. The van der Waals surface area contributed by atoms with Gasteiger partial charge >= 0.3 is 0 Å². The molecule has 4 nitrogen and oxygen atoms in total. The highest BCUT2D eigenvalue weighted by molar-refractivity contribution is 9.10. The normalized spacial score (nSPS) is 21.3. The molecule has 98 valence electrons. The lowest BCUT2D eigenvalue weighted by Gasteiger charge is -2.28. The third kappa shape index (κ3) is 3.53. The fourth-order valence-corrected chi connectivity index (χ4v) is 2.45. The number of piperidine rings is 1. The van der Waals surface area contributed by atoms with Gasteiger partial charge in [0.25, 0.3) is 5.91 Å². The first-order valence-corrected chi connectivity index (χ1v) is 7.09. The Bertz CT molecular complexity index is 401. The van der Waals surface area contributed by atoms with Crippen molar-refractivity contribution in [3.63, 3.8) is 0 Å². The molecule has 2 N–H and O–H groups in total. The summed E-state index contributed by atoms with van der Waals surface area (Å²) in [7, 11) is 0. The lowest BCUT2D eigenvalue weighted by molar-refractivity contribution is 0.0917. The van der Waals surface area contributed by atoms with E-state index in [-0.39, 0.29) is 11.9 Å². The van der Waals surface area contributed by atoms with E-state index in [1.165, 1.54) is 12.8 Å². The van der Waals surface area contributed by atoms with E-state index in [4.69, 9.17) is 0 Å². The Morgan fingerprint density at radius 3 is 3.06 bits per heavy atom. The highest BCUT2D eigenvalue weighted by Crippen LogP contribution is 2.14. The summed E-state index contributed by atoms with van der Waals surface area (Å²) >= 11 is 3.31. The van der Waals surface area contributed by atoms with Crippen LogP contribution >= 0.6 is 15.9 Å². The van der Waals surface area contributed by atoms with Gasteiger partial charge in [0.05, 0.1) is 0 Å². The minimum atomic E-state index is -0.0967. The van der Waals surface area contributed by atoms with E-state index in [9.17, 15) is 4.79 Å². The lowest BCUT2D eigenvalue weighted by Crippen LogP contribution is -2.44. The van der Waals surface area contributed by atoms with Gasteiger partial charge in [-0.3, -0.25) is 4.79 Å². The van der Waals surface area contributed by atoms with Crippen LogP contribution in [0.25, 0.3) is 0 Å². The molecule has 0 saturated carbocycles. The number of amides is 1. The molecular formula is C13H18BrN3O. The van der Waals surface area contributed by atoms with E-state index in [0.29, 0.717) is 11.6 Å². The fourth-order valence-electron chi connectivity index (χ4n) is 2.21. The van der Waals surface area contributed by atoms with Crippen LogP contribution in [0.4, 0.5) is 0 Å². The van der Waals surface area contributed by atoms with E-state index < -0.39 is 0 Å². The molecule has 1 fully saturated rings. The van der Waals surface area contributed by atoms with E-state index in [2.05, 4.69) is 38.5 Å². The molecule has 5 heteroatoms. The Labute approximate surface area is 116 Å². The van der Waals surface area contributed by atoms with Gasteiger partial charge in [-0.1, -0.05) is 0 Å². The molecule has 1 aliphatic rings. The van der Waals surface area contributed by atoms with Crippen molar-refractivity contribution in [1.82, 2.24) is 15.6 Å². The van der Waals surface area contributed by atoms with E-state index in [0.717, 1.165) is 17.6 Å². The zero-order valence-corrected chi connectivity index (χ0v) is 12.0. The topological polar surface area (TPSA) is 54.0 Å². The molecule has 0 aliphatic carbocycles. The largest absolute Gasteiger partial charge is 0.348 e. The summed E-state index contributed by atoms with van der Waals surface area (Å²) in [5, 5.41) is 6.39. The second-order valence-corrected chi connectivity index (χ2v) is 5.65. The zero-order chi connectivity index (χ0) is 13.0. The smallest absolute Gasteiger partial charge is 0.270 e. The monoisotopic (exact) mass is 311 g/mol. The summed E-state index contributed by atoms with van der Waals surface area (Å²) in [5.74, 6) is 0.415. The first-order valence-electron chi connectivity index (χ1n) is 6.30. The fraction of sp³-hybridized carbons (Fsp3) is 0.538. The van der Waals surface area contributed by atoms with Crippen LogP contribution in [-0.4, -0.2) is 30.0 Å². The van der Waals surface area contributed by atoms with Crippen LogP contribution in [0.1, 0.15) is 30.3 Å². The van der Waals surface area contributed by atoms with Crippen molar-refractivity contribution in [2.45, 2.75) is 25.8 Å². The summed E-state index contributed by atoms with van der Waals surface area (Å²) in [6.45, 7) is 4.13. The highest BCUT2D eigenvalue weighted by atomic mass is 79.9. The Morgan fingerprint density at radius 2 is 2.44 bits per heavy atom. The summed E-state index contributed by atoms with van der Waals surface area (Å²) < 4.78 is 0.878. The van der Waals surface area contributed by atoms with Gasteiger partial charge in [-0.2, -0.15) is 0 Å². The molecule has 0 aromatic carbocycles. The lowest BCUT2D eigenvalue weighted by atomic mass is 9.93. The minimum absolute atomic E-state index is 0.0967. The zero-order valence-electron chi connectivity index (χ0n) is 10.4. The third-order valence-electron chi connectivity index (χ3n) is 3.36. The maximum Gasteiger partial charge on any atom is 0.270 e. The highest BCUT2D eigenvalue weighted by Gasteiger charge is 2.21. The van der Waals surface area contributed by atoms with Crippen molar-refractivity contribution in [3.05, 3.63) is 28.5 Å². The van der Waals surface area contributed by atoms with Gasteiger partial charge in [0.1, 0.15) is 5.69 Å². The van der Waals surface area contributed by atoms with Crippen molar-refractivity contribution in [1.29, 1.82) is 0 Å². The number of pyridine rings is 1. The van der Waals surface area contributed by atoms with Gasteiger partial charge in [0, 0.05) is 16.7 Å². The van der Waals surface area contributed by atoms with Gasteiger partial charge in [-0.25, -0.2) is 4.98 Å². The molecular weight excluding hydrogens is 294 g/mol. The molecule has 2 atom stereocenters. The van der Waals surface area contributed by atoms with Gasteiger partial charge < -0.3 is 10.6 Å². The molecule has 1 amide bonds. The van der Waals surface area contributed by atoms with Crippen LogP contribution in [-0.2, 0) is 0 Å². The van der Waals surface area contributed by atoms with Gasteiger partial charge in [0.2, 0.25) is 0 Å². The summed E-state index contributed by atoms with van der Waals surface area (Å²) in [5.41, 5.74) is 0.466. The molecule has 1 aromatic rings. The Hall–Kier alpha value is -0.940. The van der Waals surface area contributed by atoms with Gasteiger partial charge in [-0.15, -0.1) is 0 Å². The van der Waals surface area contributed by atoms with Crippen molar-refractivity contribution in [2.75, 3.05) is 13.1 Å². The summed E-state index contributed by atoms with van der Waals surface area (Å²) in [4.78, 5) is 16.1. The average molecular weight is 312 g/mol. The van der Waals surface area contributed by atoms with E-state index in [1.807, 2.05) is 6.07 Å². The molecule has 0 radical (unpaired) electrons. The number of nitrogens with zero attached hydrogens (tertiary/aromatic N) is 1. The molecule has 1 aromatic heterocycles.